The van der Waals surface area contributed by atoms with E-state index in [1.165, 1.54) is 14.2 Å². The Morgan fingerprint density at radius 3 is 2.30 bits per heavy atom. The number of nitrogens with zero attached hydrogens (tertiary/aromatic N) is 1. The monoisotopic (exact) mass is 369 g/mol. The van der Waals surface area contributed by atoms with E-state index in [2.05, 4.69) is 10.4 Å². The van der Waals surface area contributed by atoms with Crippen molar-refractivity contribution in [3.8, 4) is 11.5 Å². The number of amides is 1. The summed E-state index contributed by atoms with van der Waals surface area (Å²) in [7, 11) is 3.03. The topological polar surface area (TPSA) is 102 Å². The molecule has 0 aliphatic carbocycles. The molecule has 0 aliphatic rings. The number of hydrogen-bond acceptors (Lipinski definition) is 5. The molecule has 0 bridgehead atoms. The predicted molar refractivity (Wildman–Crippen MR) is 102 cm³/mol. The fourth-order valence-electron chi connectivity index (χ4n) is 2.72. The zero-order chi connectivity index (χ0) is 19.4. The molecule has 8 heteroatoms. The Hall–Kier alpha value is -3.55. The maximum absolute atomic E-state index is 12.4. The number of ether oxygens (including phenoxy) is 2. The van der Waals surface area contributed by atoms with Crippen LogP contribution < -0.4 is 25.9 Å². The van der Waals surface area contributed by atoms with Crippen molar-refractivity contribution >= 4 is 22.4 Å². The minimum atomic E-state index is -0.372. The summed E-state index contributed by atoms with van der Waals surface area (Å²) < 4.78 is 11.5. The minimum Gasteiger partial charge on any atom is -0.497 e. The maximum Gasteiger partial charge on any atom is 0.273 e. The first-order valence-electron chi connectivity index (χ1n) is 8.26. The number of nitrogens with one attached hydrogen (secondary N) is 2. The van der Waals surface area contributed by atoms with Crippen molar-refractivity contribution in [2.75, 3.05) is 19.5 Å². The number of hydrogen-bond donors (Lipinski definition) is 2. The summed E-state index contributed by atoms with van der Waals surface area (Å²) in [5, 5.41) is 5.87. The second-order valence-electron chi connectivity index (χ2n) is 5.84. The summed E-state index contributed by atoms with van der Waals surface area (Å²) in [6.45, 7) is 0.0475. The van der Waals surface area contributed by atoms with Gasteiger partial charge in [-0.05, 0) is 12.1 Å². The molecule has 0 aliphatic heterocycles. The molecule has 0 saturated carbocycles. The largest absolute Gasteiger partial charge is 0.497 e. The Morgan fingerprint density at radius 2 is 1.67 bits per heavy atom. The van der Waals surface area contributed by atoms with Gasteiger partial charge < -0.3 is 14.8 Å². The number of carbonyl (C=O) groups is 1. The molecule has 1 heterocycles. The van der Waals surface area contributed by atoms with Crippen molar-refractivity contribution < 1.29 is 14.3 Å². The molecule has 3 rings (SSSR count). The van der Waals surface area contributed by atoms with Crippen LogP contribution in [0.1, 0.15) is 6.42 Å². The number of aryl methyl sites for hydroxylation is 1. The molecule has 0 radical (unpaired) electrons. The third kappa shape index (κ3) is 4.00. The fourth-order valence-corrected chi connectivity index (χ4v) is 2.72. The molecular formula is C19H19N3O5. The van der Waals surface area contributed by atoms with Crippen molar-refractivity contribution in [2.45, 2.75) is 13.0 Å². The van der Waals surface area contributed by atoms with Gasteiger partial charge >= 0.3 is 0 Å². The molecule has 1 aromatic heterocycles. The van der Waals surface area contributed by atoms with E-state index in [1.54, 1.807) is 42.5 Å². The minimum absolute atomic E-state index is 0.00765. The van der Waals surface area contributed by atoms with Crippen molar-refractivity contribution in [1.29, 1.82) is 0 Å². The Morgan fingerprint density at radius 1 is 1.04 bits per heavy atom. The van der Waals surface area contributed by atoms with Crippen molar-refractivity contribution in [2.24, 2.45) is 0 Å². The van der Waals surface area contributed by atoms with E-state index in [1.807, 2.05) is 0 Å². The summed E-state index contributed by atoms with van der Waals surface area (Å²) in [4.78, 5) is 36.8. The Bertz CT molecular complexity index is 1080. The number of aromatic amines is 1. The van der Waals surface area contributed by atoms with Crippen LogP contribution in [-0.4, -0.2) is 29.9 Å². The van der Waals surface area contributed by atoms with Gasteiger partial charge in [0.1, 0.15) is 11.5 Å². The number of fused-ring (bicyclic) bond motifs is 1. The average Bonchev–Trinajstić information content (AvgIpc) is 2.69. The van der Waals surface area contributed by atoms with E-state index in [-0.39, 0.29) is 30.0 Å². The first-order chi connectivity index (χ1) is 13.0. The van der Waals surface area contributed by atoms with E-state index in [0.29, 0.717) is 28.0 Å². The molecule has 3 aromatic rings. The highest BCUT2D eigenvalue weighted by Crippen LogP contribution is 2.25. The van der Waals surface area contributed by atoms with Gasteiger partial charge in [0.25, 0.3) is 11.1 Å². The van der Waals surface area contributed by atoms with Gasteiger partial charge in [-0.25, -0.2) is 4.68 Å². The second kappa shape index (κ2) is 7.77. The van der Waals surface area contributed by atoms with Gasteiger partial charge in [0.05, 0.1) is 31.5 Å². The number of aromatic nitrogens is 2. The lowest BCUT2D eigenvalue weighted by Gasteiger charge is -2.10. The Labute approximate surface area is 154 Å². The predicted octanol–water partition coefficient (Wildman–Crippen LogP) is 1.74. The summed E-state index contributed by atoms with van der Waals surface area (Å²) in [5.41, 5.74) is -0.209. The molecule has 140 valence electrons. The lowest BCUT2D eigenvalue weighted by Crippen LogP contribution is -2.31. The zero-order valence-electron chi connectivity index (χ0n) is 14.9. The van der Waals surface area contributed by atoms with Crippen LogP contribution in [0.3, 0.4) is 0 Å². The van der Waals surface area contributed by atoms with Crippen LogP contribution in [0.5, 0.6) is 11.5 Å². The molecule has 27 heavy (non-hydrogen) atoms. The van der Waals surface area contributed by atoms with Gasteiger partial charge in [-0.15, -0.1) is 0 Å². The fraction of sp³-hybridized carbons (Fsp3) is 0.211. The van der Waals surface area contributed by atoms with E-state index in [9.17, 15) is 14.4 Å². The molecule has 1 amide bonds. The summed E-state index contributed by atoms with van der Waals surface area (Å²) in [5.74, 6) is 0.769. The van der Waals surface area contributed by atoms with Gasteiger partial charge in [-0.2, -0.15) is 0 Å². The number of carbonyl (C=O) groups excluding carboxylic acids is 1. The van der Waals surface area contributed by atoms with Crippen LogP contribution in [0, 0.1) is 0 Å². The third-order valence-corrected chi connectivity index (χ3v) is 4.08. The highest BCUT2D eigenvalue weighted by atomic mass is 16.5. The Kier molecular flexibility index (Phi) is 5.25. The first kappa shape index (κ1) is 18.2. The van der Waals surface area contributed by atoms with Crippen LogP contribution in [0.2, 0.25) is 0 Å². The average molecular weight is 369 g/mol. The summed E-state index contributed by atoms with van der Waals surface area (Å²) in [6.07, 6.45) is 0.00765. The SMILES string of the molecule is COc1cc(NC(=O)CCn2[nH]c(=O)c3ccccc3c2=O)cc(OC)c1. The van der Waals surface area contributed by atoms with Crippen molar-refractivity contribution in [1.82, 2.24) is 9.78 Å². The highest BCUT2D eigenvalue weighted by molar-refractivity contribution is 5.91. The molecule has 0 spiro atoms. The maximum atomic E-state index is 12.4. The van der Waals surface area contributed by atoms with Gasteiger partial charge in [0.15, 0.2) is 0 Å². The molecule has 0 atom stereocenters. The molecule has 2 aromatic carbocycles. The van der Waals surface area contributed by atoms with E-state index in [0.717, 1.165) is 4.68 Å². The van der Waals surface area contributed by atoms with Crippen molar-refractivity contribution in [3.63, 3.8) is 0 Å². The summed E-state index contributed by atoms with van der Waals surface area (Å²) in [6, 6.07) is 11.6. The molecule has 2 N–H and O–H groups in total. The highest BCUT2D eigenvalue weighted by Gasteiger charge is 2.10. The normalized spacial score (nSPS) is 10.6. The van der Waals surface area contributed by atoms with Crippen LogP contribution in [0.25, 0.3) is 10.8 Å². The van der Waals surface area contributed by atoms with Crippen molar-refractivity contribution in [3.05, 3.63) is 63.2 Å². The lowest BCUT2D eigenvalue weighted by molar-refractivity contribution is -0.116. The molecule has 0 saturated heterocycles. The van der Waals surface area contributed by atoms with E-state index < -0.39 is 0 Å². The van der Waals surface area contributed by atoms with Crippen LogP contribution in [-0.2, 0) is 11.3 Å². The number of H-pyrrole nitrogens is 1. The smallest absolute Gasteiger partial charge is 0.273 e. The van der Waals surface area contributed by atoms with Crippen LogP contribution in [0.15, 0.2) is 52.1 Å². The van der Waals surface area contributed by atoms with Gasteiger partial charge in [0, 0.05) is 30.3 Å². The summed E-state index contributed by atoms with van der Waals surface area (Å²) >= 11 is 0. The van der Waals surface area contributed by atoms with Gasteiger partial charge in [-0.3, -0.25) is 19.5 Å². The molecular weight excluding hydrogens is 350 g/mol. The van der Waals surface area contributed by atoms with E-state index in [4.69, 9.17) is 9.47 Å². The first-order valence-corrected chi connectivity index (χ1v) is 8.26. The molecule has 8 nitrogen and oxygen atoms in total. The lowest BCUT2D eigenvalue weighted by atomic mass is 10.2. The quantitative estimate of drug-likeness (QED) is 0.689. The van der Waals surface area contributed by atoms with Crippen LogP contribution >= 0.6 is 0 Å². The van der Waals surface area contributed by atoms with Crippen LogP contribution in [0.4, 0.5) is 5.69 Å². The number of benzene rings is 2. The second-order valence-corrected chi connectivity index (χ2v) is 5.84. The number of methoxy groups -OCH3 is 2. The van der Waals surface area contributed by atoms with Gasteiger partial charge in [-0.1, -0.05) is 12.1 Å². The molecule has 0 fully saturated rings. The zero-order valence-corrected chi connectivity index (χ0v) is 14.9. The standard InChI is InChI=1S/C19H19N3O5/c1-26-13-9-12(10-14(11-13)27-2)20-17(23)7-8-22-19(25)16-6-4-3-5-15(16)18(24)21-22/h3-6,9-11H,7-8H2,1-2H3,(H,20,23)(H,21,24). The van der Waals surface area contributed by atoms with E-state index >= 15 is 0 Å². The molecule has 0 unspecified atom stereocenters. The third-order valence-electron chi connectivity index (χ3n) is 4.08. The number of rotatable bonds is 6. The van der Waals surface area contributed by atoms with Gasteiger partial charge in [0.2, 0.25) is 5.91 Å². The number of anilines is 1. The Balaban J connectivity index is 1.75.